The fourth-order valence-electron chi connectivity index (χ4n) is 4.15. The Morgan fingerprint density at radius 3 is 1.17 bits per heavy atom. The number of ether oxygens (including phenoxy) is 2. The van der Waals surface area contributed by atoms with Gasteiger partial charge in [0.1, 0.15) is 23.7 Å². The van der Waals surface area contributed by atoms with E-state index in [-0.39, 0.29) is 37.8 Å². The summed E-state index contributed by atoms with van der Waals surface area (Å²) in [6.07, 6.45) is 1.87. The van der Waals surface area contributed by atoms with Gasteiger partial charge in [0, 0.05) is 12.8 Å². The Bertz CT molecular complexity index is 1100. The number of hydrogen-bond acceptors (Lipinski definition) is 6. The van der Waals surface area contributed by atoms with E-state index in [0.29, 0.717) is 0 Å². The summed E-state index contributed by atoms with van der Waals surface area (Å²) < 4.78 is 12.2. The zero-order chi connectivity index (χ0) is 28.4. The highest BCUT2D eigenvalue weighted by atomic mass is 35.5. The first kappa shape index (κ1) is 33.8. The molecule has 41 heavy (non-hydrogen) atoms. The van der Waals surface area contributed by atoms with E-state index in [9.17, 15) is 0 Å². The van der Waals surface area contributed by atoms with Crippen LogP contribution in [-0.4, -0.2) is 37.4 Å². The first-order valence-electron chi connectivity index (χ1n) is 13.8. The molecular formula is C34H43ClN2O4. The molecule has 0 aromatic heterocycles. The number of benzene rings is 4. The maximum absolute atomic E-state index is 9.06. The highest BCUT2D eigenvalue weighted by Gasteiger charge is 2.13. The van der Waals surface area contributed by atoms with Crippen molar-refractivity contribution >= 4 is 12.4 Å². The van der Waals surface area contributed by atoms with E-state index in [4.69, 9.17) is 19.7 Å². The summed E-state index contributed by atoms with van der Waals surface area (Å²) in [4.78, 5) is 0. The van der Waals surface area contributed by atoms with Crippen molar-refractivity contribution in [3.8, 4) is 11.5 Å². The summed E-state index contributed by atoms with van der Waals surface area (Å²) in [6.45, 7) is 1.91. The molecule has 4 rings (SSSR count). The van der Waals surface area contributed by atoms with Gasteiger partial charge in [-0.2, -0.15) is 0 Å². The van der Waals surface area contributed by atoms with Crippen LogP contribution in [-0.2, 0) is 13.2 Å². The molecule has 0 saturated heterocycles. The van der Waals surface area contributed by atoms with Crippen LogP contribution in [0.2, 0.25) is 0 Å². The SMILES string of the molecule is CNCCC(Oc1ccc(CO)cc1)c1ccccc1.CNCCC(Oc1ccc(CO)cc1)c1ccccc1.Cl. The monoisotopic (exact) mass is 578 g/mol. The average molecular weight is 579 g/mol. The van der Waals surface area contributed by atoms with Crippen molar-refractivity contribution < 1.29 is 19.7 Å². The molecule has 220 valence electrons. The van der Waals surface area contributed by atoms with E-state index in [1.807, 2.05) is 99.0 Å². The van der Waals surface area contributed by atoms with Gasteiger partial charge in [-0.15, -0.1) is 12.4 Å². The number of aliphatic hydroxyl groups excluding tert-OH is 2. The lowest BCUT2D eigenvalue weighted by atomic mass is 10.1. The molecule has 0 saturated carbocycles. The van der Waals surface area contributed by atoms with Crippen LogP contribution >= 0.6 is 12.4 Å². The number of hydrogen-bond donors (Lipinski definition) is 4. The normalized spacial score (nSPS) is 11.8. The Labute approximate surface area is 250 Å². The molecule has 4 aromatic rings. The molecule has 7 heteroatoms. The predicted molar refractivity (Wildman–Crippen MR) is 169 cm³/mol. The van der Waals surface area contributed by atoms with Crippen LogP contribution in [0.3, 0.4) is 0 Å². The van der Waals surface area contributed by atoms with E-state index in [2.05, 4.69) is 34.9 Å². The molecule has 0 aliphatic carbocycles. The minimum absolute atomic E-state index is 0. The molecule has 0 aliphatic rings. The molecule has 0 bridgehead atoms. The van der Waals surface area contributed by atoms with E-state index < -0.39 is 0 Å². The van der Waals surface area contributed by atoms with Crippen LogP contribution in [0.25, 0.3) is 0 Å². The lowest BCUT2D eigenvalue weighted by Crippen LogP contribution is -2.16. The third kappa shape index (κ3) is 11.9. The van der Waals surface area contributed by atoms with Gasteiger partial charge in [-0.1, -0.05) is 84.9 Å². The number of nitrogens with one attached hydrogen (secondary N) is 2. The molecule has 0 radical (unpaired) electrons. The minimum atomic E-state index is 0. The smallest absolute Gasteiger partial charge is 0.125 e. The molecule has 2 unspecified atom stereocenters. The summed E-state index contributed by atoms with van der Waals surface area (Å²) >= 11 is 0. The van der Waals surface area contributed by atoms with Gasteiger partial charge in [-0.3, -0.25) is 0 Å². The van der Waals surface area contributed by atoms with Crippen molar-refractivity contribution in [2.45, 2.75) is 38.3 Å². The van der Waals surface area contributed by atoms with Crippen LogP contribution in [0.5, 0.6) is 11.5 Å². The number of halogens is 1. The molecule has 0 spiro atoms. The van der Waals surface area contributed by atoms with Gasteiger partial charge >= 0.3 is 0 Å². The van der Waals surface area contributed by atoms with Crippen molar-refractivity contribution in [1.82, 2.24) is 10.6 Å². The Morgan fingerprint density at radius 1 is 0.537 bits per heavy atom. The Kier molecular flexibility index (Phi) is 16.2. The fraction of sp³-hybridized carbons (Fsp3) is 0.294. The Hall–Kier alpha value is -3.39. The molecule has 2 atom stereocenters. The van der Waals surface area contributed by atoms with Crippen molar-refractivity contribution in [3.63, 3.8) is 0 Å². The van der Waals surface area contributed by atoms with Gasteiger partial charge in [0.15, 0.2) is 0 Å². The third-order valence-electron chi connectivity index (χ3n) is 6.42. The molecule has 0 fully saturated rings. The van der Waals surface area contributed by atoms with Gasteiger partial charge < -0.3 is 30.3 Å². The first-order valence-corrected chi connectivity index (χ1v) is 13.8. The van der Waals surface area contributed by atoms with Crippen LogP contribution in [0.1, 0.15) is 47.3 Å². The Balaban J connectivity index is 0.000000280. The Morgan fingerprint density at radius 2 is 0.878 bits per heavy atom. The van der Waals surface area contributed by atoms with E-state index >= 15 is 0 Å². The molecule has 0 heterocycles. The second kappa shape index (κ2) is 19.6. The summed E-state index contributed by atoms with van der Waals surface area (Å²) in [5.41, 5.74) is 4.13. The molecule has 4 aromatic carbocycles. The van der Waals surface area contributed by atoms with Crippen molar-refractivity contribution in [2.24, 2.45) is 0 Å². The number of aliphatic hydroxyl groups is 2. The summed E-state index contributed by atoms with van der Waals surface area (Å²) in [5.74, 6) is 1.65. The molecule has 0 amide bonds. The quantitative estimate of drug-likeness (QED) is 0.142. The van der Waals surface area contributed by atoms with Crippen molar-refractivity contribution in [2.75, 3.05) is 27.2 Å². The zero-order valence-electron chi connectivity index (χ0n) is 23.9. The average Bonchev–Trinajstić information content (AvgIpc) is 3.03. The maximum Gasteiger partial charge on any atom is 0.125 e. The van der Waals surface area contributed by atoms with Crippen LogP contribution in [0.4, 0.5) is 0 Å². The lowest BCUT2D eigenvalue weighted by molar-refractivity contribution is 0.194. The zero-order valence-corrected chi connectivity index (χ0v) is 24.7. The summed E-state index contributed by atoms with van der Waals surface area (Å²) in [6, 6.07) is 35.6. The van der Waals surface area contributed by atoms with E-state index in [0.717, 1.165) is 48.6 Å². The van der Waals surface area contributed by atoms with Crippen LogP contribution in [0, 0.1) is 0 Å². The minimum Gasteiger partial charge on any atom is -0.486 e. The standard InChI is InChI=1S/2C17H21NO2.ClH/c2*1-18-12-11-17(15-5-3-2-4-6-15)20-16-9-7-14(13-19)8-10-16;/h2*2-10,17-19H,11-13H2,1H3;1H. The maximum atomic E-state index is 9.06. The fourth-order valence-corrected chi connectivity index (χ4v) is 4.15. The second-order valence-electron chi connectivity index (χ2n) is 9.42. The molecule has 6 nitrogen and oxygen atoms in total. The predicted octanol–water partition coefficient (Wildman–Crippen LogP) is 6.24. The number of rotatable bonds is 14. The second-order valence-corrected chi connectivity index (χ2v) is 9.42. The van der Waals surface area contributed by atoms with Gasteiger partial charge in [0.2, 0.25) is 0 Å². The van der Waals surface area contributed by atoms with Gasteiger partial charge in [0.25, 0.3) is 0 Å². The van der Waals surface area contributed by atoms with E-state index in [1.165, 1.54) is 11.1 Å². The van der Waals surface area contributed by atoms with Crippen LogP contribution in [0.15, 0.2) is 109 Å². The van der Waals surface area contributed by atoms with Crippen molar-refractivity contribution in [3.05, 3.63) is 131 Å². The summed E-state index contributed by atoms with van der Waals surface area (Å²) in [7, 11) is 3.89. The molecule has 4 N–H and O–H groups in total. The van der Waals surface area contributed by atoms with Gasteiger partial charge in [0.05, 0.1) is 13.2 Å². The lowest BCUT2D eigenvalue weighted by Gasteiger charge is -2.19. The highest BCUT2D eigenvalue weighted by Crippen LogP contribution is 2.26. The topological polar surface area (TPSA) is 83.0 Å². The van der Waals surface area contributed by atoms with Gasteiger partial charge in [-0.25, -0.2) is 0 Å². The highest BCUT2D eigenvalue weighted by molar-refractivity contribution is 5.85. The van der Waals surface area contributed by atoms with Crippen molar-refractivity contribution in [1.29, 1.82) is 0 Å². The van der Waals surface area contributed by atoms with Crippen LogP contribution < -0.4 is 20.1 Å². The largest absolute Gasteiger partial charge is 0.486 e. The third-order valence-corrected chi connectivity index (χ3v) is 6.42. The first-order chi connectivity index (χ1) is 19.7. The molecule has 0 aliphatic heterocycles. The molecular weight excluding hydrogens is 536 g/mol. The van der Waals surface area contributed by atoms with Gasteiger partial charge in [-0.05, 0) is 73.7 Å². The van der Waals surface area contributed by atoms with E-state index in [1.54, 1.807) is 0 Å². The summed E-state index contributed by atoms with van der Waals surface area (Å²) in [5, 5.41) is 24.4.